The topological polar surface area (TPSA) is 46.4 Å². The summed E-state index contributed by atoms with van der Waals surface area (Å²) in [4.78, 5) is 17.3. The van der Waals surface area contributed by atoms with Gasteiger partial charge >= 0.3 is 0 Å². The standard InChI is InChI=1S/C21H17N3O/c1-15-10-12-16(13-11-15)19-20(24-14-6-5-9-18(24)22-19)23-21(25)17-7-3-2-4-8-17/h2-14H,1H3,(H,23,25). The van der Waals surface area contributed by atoms with E-state index in [0.717, 1.165) is 16.9 Å². The lowest BCUT2D eigenvalue weighted by atomic mass is 10.1. The van der Waals surface area contributed by atoms with Crippen LogP contribution in [0.3, 0.4) is 0 Å². The molecule has 0 unspecified atom stereocenters. The zero-order valence-corrected chi connectivity index (χ0v) is 13.8. The van der Waals surface area contributed by atoms with Crippen LogP contribution >= 0.6 is 0 Å². The van der Waals surface area contributed by atoms with Crippen LogP contribution in [0.2, 0.25) is 0 Å². The molecule has 0 atom stereocenters. The number of amides is 1. The van der Waals surface area contributed by atoms with Crippen molar-refractivity contribution in [2.45, 2.75) is 6.92 Å². The quantitative estimate of drug-likeness (QED) is 0.599. The number of nitrogens with one attached hydrogen (secondary N) is 1. The fourth-order valence-corrected chi connectivity index (χ4v) is 2.80. The van der Waals surface area contributed by atoms with Gasteiger partial charge in [0.2, 0.25) is 0 Å². The van der Waals surface area contributed by atoms with Crippen LogP contribution in [0.25, 0.3) is 16.9 Å². The van der Waals surface area contributed by atoms with Gasteiger partial charge in [0.05, 0.1) is 0 Å². The van der Waals surface area contributed by atoms with Crippen molar-refractivity contribution in [2.75, 3.05) is 5.32 Å². The third-order valence-corrected chi connectivity index (χ3v) is 4.12. The van der Waals surface area contributed by atoms with Crippen LogP contribution in [0.5, 0.6) is 0 Å². The maximum atomic E-state index is 12.6. The molecule has 0 saturated carbocycles. The second kappa shape index (κ2) is 6.24. The minimum Gasteiger partial charge on any atom is -0.306 e. The molecule has 0 bridgehead atoms. The Hall–Kier alpha value is -3.40. The third-order valence-electron chi connectivity index (χ3n) is 4.12. The van der Waals surface area contributed by atoms with Crippen LogP contribution in [0.4, 0.5) is 5.82 Å². The van der Waals surface area contributed by atoms with E-state index < -0.39 is 0 Å². The molecule has 0 aliphatic carbocycles. The highest BCUT2D eigenvalue weighted by Gasteiger charge is 2.16. The zero-order valence-electron chi connectivity index (χ0n) is 13.8. The van der Waals surface area contributed by atoms with Gasteiger partial charge in [-0.15, -0.1) is 0 Å². The Balaban J connectivity index is 1.82. The van der Waals surface area contributed by atoms with Crippen LogP contribution in [0.1, 0.15) is 15.9 Å². The van der Waals surface area contributed by atoms with E-state index in [-0.39, 0.29) is 5.91 Å². The maximum absolute atomic E-state index is 12.6. The summed E-state index contributed by atoms with van der Waals surface area (Å²) in [5.41, 5.74) is 4.32. The molecule has 1 N–H and O–H groups in total. The van der Waals surface area contributed by atoms with Gasteiger partial charge in [-0.25, -0.2) is 4.98 Å². The monoisotopic (exact) mass is 327 g/mol. The fourth-order valence-electron chi connectivity index (χ4n) is 2.80. The maximum Gasteiger partial charge on any atom is 0.256 e. The van der Waals surface area contributed by atoms with Crippen molar-refractivity contribution in [3.8, 4) is 11.3 Å². The Bertz CT molecular complexity index is 1030. The molecule has 0 fully saturated rings. The zero-order chi connectivity index (χ0) is 17.2. The summed E-state index contributed by atoms with van der Waals surface area (Å²) in [6.07, 6.45) is 1.90. The number of hydrogen-bond donors (Lipinski definition) is 1. The van der Waals surface area contributed by atoms with E-state index in [9.17, 15) is 4.79 Å². The minimum absolute atomic E-state index is 0.153. The summed E-state index contributed by atoms with van der Waals surface area (Å²) in [7, 11) is 0. The first-order valence-electron chi connectivity index (χ1n) is 8.13. The molecule has 1 amide bonds. The van der Waals surface area contributed by atoms with E-state index in [1.54, 1.807) is 12.1 Å². The molecule has 4 aromatic rings. The molecule has 0 aliphatic heterocycles. The second-order valence-electron chi connectivity index (χ2n) is 5.92. The lowest BCUT2D eigenvalue weighted by Crippen LogP contribution is -2.13. The Labute approximate surface area is 145 Å². The van der Waals surface area contributed by atoms with Gasteiger partial charge in [-0.05, 0) is 31.2 Å². The molecule has 2 aromatic heterocycles. The molecule has 0 spiro atoms. The number of nitrogens with zero attached hydrogens (tertiary/aromatic N) is 2. The number of anilines is 1. The van der Waals surface area contributed by atoms with Crippen LogP contribution < -0.4 is 5.32 Å². The van der Waals surface area contributed by atoms with E-state index in [4.69, 9.17) is 4.98 Å². The number of aromatic nitrogens is 2. The van der Waals surface area contributed by atoms with Crippen LogP contribution in [-0.4, -0.2) is 15.3 Å². The van der Waals surface area contributed by atoms with E-state index in [1.165, 1.54) is 5.56 Å². The predicted octanol–water partition coefficient (Wildman–Crippen LogP) is 4.56. The van der Waals surface area contributed by atoms with Crippen molar-refractivity contribution in [3.63, 3.8) is 0 Å². The van der Waals surface area contributed by atoms with Gasteiger partial charge in [0, 0.05) is 17.3 Å². The minimum atomic E-state index is -0.153. The van der Waals surface area contributed by atoms with Crippen molar-refractivity contribution >= 4 is 17.4 Å². The first-order chi connectivity index (χ1) is 12.2. The average molecular weight is 327 g/mol. The Morgan fingerprint density at radius 3 is 2.40 bits per heavy atom. The van der Waals surface area contributed by atoms with Gasteiger partial charge in [0.1, 0.15) is 17.2 Å². The van der Waals surface area contributed by atoms with Gasteiger partial charge in [0.15, 0.2) is 0 Å². The highest BCUT2D eigenvalue weighted by atomic mass is 16.1. The van der Waals surface area contributed by atoms with Crippen LogP contribution in [0, 0.1) is 6.92 Å². The molecule has 122 valence electrons. The molecule has 2 heterocycles. The number of aryl methyl sites for hydroxylation is 1. The van der Waals surface area contributed by atoms with Crippen molar-refractivity contribution in [2.24, 2.45) is 0 Å². The third kappa shape index (κ3) is 2.90. The highest BCUT2D eigenvalue weighted by Crippen LogP contribution is 2.29. The number of carbonyl (C=O) groups is 1. The molecule has 2 aromatic carbocycles. The van der Waals surface area contributed by atoms with Crippen molar-refractivity contribution < 1.29 is 4.79 Å². The number of hydrogen-bond acceptors (Lipinski definition) is 2. The van der Waals surface area contributed by atoms with E-state index in [0.29, 0.717) is 11.4 Å². The number of carbonyl (C=O) groups excluding carboxylic acids is 1. The van der Waals surface area contributed by atoms with Gasteiger partial charge in [0.25, 0.3) is 5.91 Å². The Kier molecular flexibility index (Phi) is 3.78. The largest absolute Gasteiger partial charge is 0.306 e. The number of fused-ring (bicyclic) bond motifs is 1. The molecule has 4 heteroatoms. The number of benzene rings is 2. The normalized spacial score (nSPS) is 10.8. The fraction of sp³-hybridized carbons (Fsp3) is 0.0476. The Morgan fingerprint density at radius 2 is 1.64 bits per heavy atom. The smallest absolute Gasteiger partial charge is 0.256 e. The number of imidazole rings is 1. The predicted molar refractivity (Wildman–Crippen MR) is 99.8 cm³/mol. The number of pyridine rings is 1. The molecule has 25 heavy (non-hydrogen) atoms. The van der Waals surface area contributed by atoms with Gasteiger partial charge in [-0.1, -0.05) is 54.1 Å². The second-order valence-corrected chi connectivity index (χ2v) is 5.92. The van der Waals surface area contributed by atoms with Gasteiger partial charge in [-0.3, -0.25) is 9.20 Å². The summed E-state index contributed by atoms with van der Waals surface area (Å²) in [6, 6.07) is 23.1. The Morgan fingerprint density at radius 1 is 0.920 bits per heavy atom. The van der Waals surface area contributed by atoms with Crippen LogP contribution in [0.15, 0.2) is 79.0 Å². The van der Waals surface area contributed by atoms with E-state index in [1.807, 2.05) is 78.2 Å². The molecular weight excluding hydrogens is 310 g/mol. The highest BCUT2D eigenvalue weighted by molar-refractivity contribution is 6.05. The molecule has 0 radical (unpaired) electrons. The summed E-state index contributed by atoms with van der Waals surface area (Å²) in [6.45, 7) is 2.05. The molecule has 4 nitrogen and oxygen atoms in total. The van der Waals surface area contributed by atoms with Gasteiger partial charge < -0.3 is 5.32 Å². The molecule has 4 rings (SSSR count). The summed E-state index contributed by atoms with van der Waals surface area (Å²) in [5, 5.41) is 3.02. The summed E-state index contributed by atoms with van der Waals surface area (Å²) in [5.74, 6) is 0.521. The SMILES string of the molecule is Cc1ccc(-c2nc3ccccn3c2NC(=O)c2ccccc2)cc1. The van der Waals surface area contributed by atoms with Gasteiger partial charge in [-0.2, -0.15) is 0 Å². The van der Waals surface area contributed by atoms with E-state index in [2.05, 4.69) is 5.32 Å². The number of rotatable bonds is 3. The molecular formula is C21H17N3O. The first-order valence-corrected chi connectivity index (χ1v) is 8.13. The lowest BCUT2D eigenvalue weighted by molar-refractivity contribution is 0.102. The summed E-state index contributed by atoms with van der Waals surface area (Å²) >= 11 is 0. The van der Waals surface area contributed by atoms with E-state index >= 15 is 0 Å². The van der Waals surface area contributed by atoms with Crippen LogP contribution in [-0.2, 0) is 0 Å². The molecule has 0 saturated heterocycles. The van der Waals surface area contributed by atoms with Crippen molar-refractivity contribution in [1.82, 2.24) is 9.38 Å². The molecule has 0 aliphatic rings. The van der Waals surface area contributed by atoms with Crippen molar-refractivity contribution in [1.29, 1.82) is 0 Å². The lowest BCUT2D eigenvalue weighted by Gasteiger charge is -2.08. The first kappa shape index (κ1) is 15.1. The summed E-state index contributed by atoms with van der Waals surface area (Å²) < 4.78 is 1.90. The van der Waals surface area contributed by atoms with Crippen molar-refractivity contribution in [3.05, 3.63) is 90.1 Å². The average Bonchev–Trinajstić information content (AvgIpc) is 3.02.